The Labute approximate surface area is 105 Å². The molecular formula is C14H26N2O. The smallest absolute Gasteiger partial charge is 0.224 e. The SMILES string of the molecule is CC1CNCC1C(=O)NC1CCC(C)(C)CC1. The highest BCUT2D eigenvalue weighted by Crippen LogP contribution is 2.35. The predicted octanol–water partition coefficient (Wildman–Crippen LogP) is 1.93. The number of amides is 1. The van der Waals surface area contributed by atoms with Crippen molar-refractivity contribution < 1.29 is 4.79 Å². The van der Waals surface area contributed by atoms with Crippen molar-refractivity contribution in [1.29, 1.82) is 0 Å². The lowest BCUT2D eigenvalue weighted by Gasteiger charge is -2.35. The zero-order chi connectivity index (χ0) is 12.5. The van der Waals surface area contributed by atoms with Gasteiger partial charge in [0.2, 0.25) is 5.91 Å². The summed E-state index contributed by atoms with van der Waals surface area (Å²) in [5, 5.41) is 6.54. The van der Waals surface area contributed by atoms with Crippen LogP contribution in [0, 0.1) is 17.3 Å². The number of hydrogen-bond donors (Lipinski definition) is 2. The van der Waals surface area contributed by atoms with E-state index in [0.717, 1.165) is 25.9 Å². The summed E-state index contributed by atoms with van der Waals surface area (Å²) in [4.78, 5) is 12.1. The van der Waals surface area contributed by atoms with E-state index in [9.17, 15) is 4.79 Å². The van der Waals surface area contributed by atoms with Crippen molar-refractivity contribution in [3.05, 3.63) is 0 Å². The molecule has 2 rings (SSSR count). The molecule has 0 radical (unpaired) electrons. The third kappa shape index (κ3) is 3.21. The van der Waals surface area contributed by atoms with Crippen molar-refractivity contribution in [3.63, 3.8) is 0 Å². The van der Waals surface area contributed by atoms with Crippen LogP contribution in [-0.4, -0.2) is 25.0 Å². The van der Waals surface area contributed by atoms with Crippen molar-refractivity contribution >= 4 is 5.91 Å². The molecule has 0 aromatic rings. The Kier molecular flexibility index (Phi) is 3.76. The van der Waals surface area contributed by atoms with Crippen molar-refractivity contribution in [3.8, 4) is 0 Å². The van der Waals surface area contributed by atoms with Gasteiger partial charge in [0, 0.05) is 12.6 Å². The van der Waals surface area contributed by atoms with Gasteiger partial charge in [-0.25, -0.2) is 0 Å². The standard InChI is InChI=1S/C14H26N2O/c1-10-8-15-9-12(10)13(17)16-11-4-6-14(2,3)7-5-11/h10-12,15H,4-9H2,1-3H3,(H,16,17). The van der Waals surface area contributed by atoms with Crippen molar-refractivity contribution in [2.45, 2.75) is 52.5 Å². The topological polar surface area (TPSA) is 41.1 Å². The summed E-state index contributed by atoms with van der Waals surface area (Å²) in [6.45, 7) is 8.65. The molecule has 0 bridgehead atoms. The molecule has 1 aliphatic carbocycles. The van der Waals surface area contributed by atoms with E-state index in [4.69, 9.17) is 0 Å². The van der Waals surface area contributed by atoms with Crippen LogP contribution in [0.15, 0.2) is 0 Å². The Balaban J connectivity index is 1.80. The molecule has 98 valence electrons. The lowest BCUT2D eigenvalue weighted by molar-refractivity contribution is -0.126. The average molecular weight is 238 g/mol. The van der Waals surface area contributed by atoms with Crippen LogP contribution in [-0.2, 0) is 4.79 Å². The van der Waals surface area contributed by atoms with Gasteiger partial charge in [-0.2, -0.15) is 0 Å². The third-order valence-corrected chi connectivity index (χ3v) is 4.54. The van der Waals surface area contributed by atoms with Crippen LogP contribution in [0.1, 0.15) is 46.5 Å². The van der Waals surface area contributed by atoms with Gasteiger partial charge in [-0.05, 0) is 43.6 Å². The molecule has 2 aliphatic rings. The lowest BCUT2D eigenvalue weighted by Crippen LogP contribution is -2.43. The number of carbonyl (C=O) groups excluding carboxylic acids is 1. The fraction of sp³-hybridized carbons (Fsp3) is 0.929. The first-order chi connectivity index (χ1) is 7.98. The first kappa shape index (κ1) is 12.9. The van der Waals surface area contributed by atoms with Crippen LogP contribution in [0.25, 0.3) is 0 Å². The molecule has 1 saturated heterocycles. The molecule has 2 unspecified atom stereocenters. The minimum absolute atomic E-state index is 0.185. The maximum atomic E-state index is 12.1. The summed E-state index contributed by atoms with van der Waals surface area (Å²) in [6, 6.07) is 0.420. The molecule has 1 amide bonds. The summed E-state index contributed by atoms with van der Waals surface area (Å²) < 4.78 is 0. The van der Waals surface area contributed by atoms with Gasteiger partial charge in [-0.1, -0.05) is 20.8 Å². The number of nitrogens with one attached hydrogen (secondary N) is 2. The zero-order valence-electron chi connectivity index (χ0n) is 11.4. The van der Waals surface area contributed by atoms with E-state index in [2.05, 4.69) is 31.4 Å². The summed E-state index contributed by atoms with van der Waals surface area (Å²) in [5.74, 6) is 0.937. The van der Waals surface area contributed by atoms with Gasteiger partial charge < -0.3 is 10.6 Å². The molecule has 0 aromatic carbocycles. The predicted molar refractivity (Wildman–Crippen MR) is 69.7 cm³/mol. The fourth-order valence-electron chi connectivity index (χ4n) is 3.01. The maximum absolute atomic E-state index is 12.1. The minimum atomic E-state index is 0.185. The first-order valence-electron chi connectivity index (χ1n) is 6.99. The molecule has 0 spiro atoms. The van der Waals surface area contributed by atoms with E-state index in [1.54, 1.807) is 0 Å². The van der Waals surface area contributed by atoms with Crippen molar-refractivity contribution in [1.82, 2.24) is 10.6 Å². The molecular weight excluding hydrogens is 212 g/mol. The Hall–Kier alpha value is -0.570. The van der Waals surface area contributed by atoms with Crippen molar-refractivity contribution in [2.24, 2.45) is 17.3 Å². The van der Waals surface area contributed by atoms with E-state index >= 15 is 0 Å². The summed E-state index contributed by atoms with van der Waals surface area (Å²) in [6.07, 6.45) is 4.76. The summed E-state index contributed by atoms with van der Waals surface area (Å²) >= 11 is 0. The van der Waals surface area contributed by atoms with Crippen LogP contribution < -0.4 is 10.6 Å². The van der Waals surface area contributed by atoms with Gasteiger partial charge in [0.05, 0.1) is 5.92 Å². The monoisotopic (exact) mass is 238 g/mol. The molecule has 2 atom stereocenters. The number of rotatable bonds is 2. The van der Waals surface area contributed by atoms with E-state index in [1.165, 1.54) is 12.8 Å². The van der Waals surface area contributed by atoms with Gasteiger partial charge in [-0.15, -0.1) is 0 Å². The second kappa shape index (κ2) is 4.97. The molecule has 3 heteroatoms. The van der Waals surface area contributed by atoms with E-state index in [-0.39, 0.29) is 11.8 Å². The Bertz CT molecular complexity index is 278. The lowest BCUT2D eigenvalue weighted by atomic mass is 9.75. The van der Waals surface area contributed by atoms with Crippen LogP contribution in [0.2, 0.25) is 0 Å². The number of carbonyl (C=O) groups is 1. The highest BCUT2D eigenvalue weighted by Gasteiger charge is 2.32. The maximum Gasteiger partial charge on any atom is 0.224 e. The van der Waals surface area contributed by atoms with Crippen LogP contribution in [0.3, 0.4) is 0 Å². The second-order valence-corrected chi connectivity index (χ2v) is 6.69. The Morgan fingerprint density at radius 1 is 1.24 bits per heavy atom. The number of hydrogen-bond acceptors (Lipinski definition) is 2. The average Bonchev–Trinajstić information content (AvgIpc) is 2.68. The van der Waals surface area contributed by atoms with Gasteiger partial charge in [0.15, 0.2) is 0 Å². The molecule has 2 N–H and O–H groups in total. The highest BCUT2D eigenvalue weighted by molar-refractivity contribution is 5.79. The van der Waals surface area contributed by atoms with E-state index in [1.807, 2.05) is 0 Å². The van der Waals surface area contributed by atoms with Gasteiger partial charge in [-0.3, -0.25) is 4.79 Å². The largest absolute Gasteiger partial charge is 0.353 e. The molecule has 3 nitrogen and oxygen atoms in total. The molecule has 1 aliphatic heterocycles. The van der Waals surface area contributed by atoms with Gasteiger partial charge in [0.1, 0.15) is 0 Å². The molecule has 17 heavy (non-hydrogen) atoms. The first-order valence-corrected chi connectivity index (χ1v) is 6.99. The zero-order valence-corrected chi connectivity index (χ0v) is 11.4. The molecule has 2 fully saturated rings. The van der Waals surface area contributed by atoms with Crippen LogP contribution in [0.4, 0.5) is 0 Å². The third-order valence-electron chi connectivity index (χ3n) is 4.54. The quantitative estimate of drug-likeness (QED) is 0.772. The Morgan fingerprint density at radius 2 is 1.88 bits per heavy atom. The second-order valence-electron chi connectivity index (χ2n) is 6.69. The molecule has 0 aromatic heterocycles. The van der Waals surface area contributed by atoms with Crippen molar-refractivity contribution in [2.75, 3.05) is 13.1 Å². The van der Waals surface area contributed by atoms with Gasteiger partial charge >= 0.3 is 0 Å². The van der Waals surface area contributed by atoms with Crippen LogP contribution in [0.5, 0.6) is 0 Å². The normalized spacial score (nSPS) is 33.6. The Morgan fingerprint density at radius 3 is 2.41 bits per heavy atom. The molecule has 1 heterocycles. The van der Waals surface area contributed by atoms with Crippen LogP contribution >= 0.6 is 0 Å². The van der Waals surface area contributed by atoms with Gasteiger partial charge in [0.25, 0.3) is 0 Å². The summed E-state index contributed by atoms with van der Waals surface area (Å²) in [5.41, 5.74) is 0.476. The van der Waals surface area contributed by atoms with E-state index < -0.39 is 0 Å². The minimum Gasteiger partial charge on any atom is -0.353 e. The van der Waals surface area contributed by atoms with E-state index in [0.29, 0.717) is 17.4 Å². The highest BCUT2D eigenvalue weighted by atomic mass is 16.2. The molecule has 1 saturated carbocycles. The fourth-order valence-corrected chi connectivity index (χ4v) is 3.01. The summed E-state index contributed by atoms with van der Waals surface area (Å²) in [7, 11) is 0.